The summed E-state index contributed by atoms with van der Waals surface area (Å²) in [5.74, 6) is 0. The molecular formula is C16H20O2S. The second kappa shape index (κ2) is 5.23. The average molecular weight is 276 g/mol. The minimum Gasteiger partial charge on any atom is -0.390 e. The Bertz CT molecular complexity index is 555. The van der Waals surface area contributed by atoms with Gasteiger partial charge in [-0.15, -0.1) is 11.3 Å². The van der Waals surface area contributed by atoms with Gasteiger partial charge in [-0.2, -0.15) is 0 Å². The Labute approximate surface area is 118 Å². The van der Waals surface area contributed by atoms with E-state index in [1.807, 2.05) is 6.92 Å². The zero-order chi connectivity index (χ0) is 13.3. The van der Waals surface area contributed by atoms with Crippen molar-refractivity contribution in [1.82, 2.24) is 0 Å². The lowest BCUT2D eigenvalue weighted by molar-refractivity contribution is -0.135. The van der Waals surface area contributed by atoms with Gasteiger partial charge in [0, 0.05) is 17.7 Å². The van der Waals surface area contributed by atoms with Crippen LogP contribution in [0, 0.1) is 0 Å². The SMILES string of the molecule is CC1(C(O)Cc2csc3ccccc23)CCCCO1. The summed E-state index contributed by atoms with van der Waals surface area (Å²) in [6.45, 7) is 2.82. The third-order valence-electron chi connectivity index (χ3n) is 4.18. The van der Waals surface area contributed by atoms with E-state index in [1.54, 1.807) is 11.3 Å². The predicted octanol–water partition coefficient (Wildman–Crippen LogP) is 3.76. The Morgan fingerprint density at radius 2 is 2.21 bits per heavy atom. The van der Waals surface area contributed by atoms with Crippen LogP contribution in [-0.4, -0.2) is 23.4 Å². The van der Waals surface area contributed by atoms with Gasteiger partial charge in [-0.25, -0.2) is 0 Å². The molecule has 3 rings (SSSR count). The number of hydrogen-bond donors (Lipinski definition) is 1. The van der Waals surface area contributed by atoms with Crippen molar-refractivity contribution in [3.8, 4) is 0 Å². The van der Waals surface area contributed by atoms with E-state index < -0.39 is 6.10 Å². The van der Waals surface area contributed by atoms with Gasteiger partial charge in [0.2, 0.25) is 0 Å². The maximum absolute atomic E-state index is 10.5. The van der Waals surface area contributed by atoms with Crippen LogP contribution in [0.15, 0.2) is 29.6 Å². The quantitative estimate of drug-likeness (QED) is 0.925. The molecule has 1 saturated heterocycles. The Kier molecular flexibility index (Phi) is 3.61. The standard InChI is InChI=1S/C16H20O2S/c1-16(8-4-5-9-18-16)15(17)10-12-11-19-14-7-3-2-6-13(12)14/h2-3,6-7,11,15,17H,4-5,8-10H2,1H3. The molecule has 0 spiro atoms. The lowest BCUT2D eigenvalue weighted by Gasteiger charge is -2.38. The number of benzene rings is 1. The number of ether oxygens (including phenoxy) is 1. The highest BCUT2D eigenvalue weighted by Gasteiger charge is 2.35. The molecule has 1 aromatic heterocycles. The number of fused-ring (bicyclic) bond motifs is 1. The zero-order valence-electron chi connectivity index (χ0n) is 11.3. The first-order chi connectivity index (χ1) is 9.19. The molecule has 3 heteroatoms. The predicted molar refractivity (Wildman–Crippen MR) is 79.7 cm³/mol. The van der Waals surface area contributed by atoms with Crippen molar-refractivity contribution >= 4 is 21.4 Å². The van der Waals surface area contributed by atoms with Gasteiger partial charge < -0.3 is 9.84 Å². The van der Waals surface area contributed by atoms with Gasteiger partial charge in [0.15, 0.2) is 0 Å². The molecule has 1 aromatic carbocycles. The van der Waals surface area contributed by atoms with E-state index in [1.165, 1.54) is 15.6 Å². The van der Waals surface area contributed by atoms with Crippen LogP contribution < -0.4 is 0 Å². The molecule has 0 aliphatic carbocycles. The van der Waals surface area contributed by atoms with Crippen LogP contribution in [0.3, 0.4) is 0 Å². The van der Waals surface area contributed by atoms with Gasteiger partial charge in [0.25, 0.3) is 0 Å². The molecule has 1 N–H and O–H groups in total. The van der Waals surface area contributed by atoms with Crippen molar-refractivity contribution in [2.24, 2.45) is 0 Å². The summed E-state index contributed by atoms with van der Waals surface area (Å²) in [4.78, 5) is 0. The van der Waals surface area contributed by atoms with Gasteiger partial charge in [0.1, 0.15) is 0 Å². The van der Waals surface area contributed by atoms with Gasteiger partial charge in [-0.3, -0.25) is 0 Å². The van der Waals surface area contributed by atoms with Crippen LogP contribution in [0.25, 0.3) is 10.1 Å². The van der Waals surface area contributed by atoms with Crippen molar-refractivity contribution in [3.05, 3.63) is 35.2 Å². The summed E-state index contributed by atoms with van der Waals surface area (Å²) in [5, 5.41) is 14.0. The van der Waals surface area contributed by atoms with E-state index in [9.17, 15) is 5.11 Å². The van der Waals surface area contributed by atoms with Crippen LogP contribution in [0.4, 0.5) is 0 Å². The first-order valence-electron chi connectivity index (χ1n) is 6.96. The molecule has 2 atom stereocenters. The minimum atomic E-state index is -0.425. The Hall–Kier alpha value is -0.900. The number of rotatable bonds is 3. The molecule has 2 heterocycles. The first kappa shape index (κ1) is 13.1. The van der Waals surface area contributed by atoms with Gasteiger partial charge in [-0.05, 0) is 48.6 Å². The van der Waals surface area contributed by atoms with Crippen LogP contribution in [0.1, 0.15) is 31.7 Å². The van der Waals surface area contributed by atoms with E-state index in [0.717, 1.165) is 25.9 Å². The molecule has 2 unspecified atom stereocenters. The zero-order valence-corrected chi connectivity index (χ0v) is 12.1. The van der Waals surface area contributed by atoms with E-state index in [2.05, 4.69) is 29.6 Å². The number of hydrogen-bond acceptors (Lipinski definition) is 3. The summed E-state index contributed by atoms with van der Waals surface area (Å²) >= 11 is 1.75. The van der Waals surface area contributed by atoms with E-state index in [4.69, 9.17) is 4.74 Å². The molecular weight excluding hydrogens is 256 g/mol. The molecule has 19 heavy (non-hydrogen) atoms. The minimum absolute atomic E-state index is 0.374. The molecule has 0 bridgehead atoms. The van der Waals surface area contributed by atoms with Crippen molar-refractivity contribution in [2.45, 2.75) is 44.3 Å². The monoisotopic (exact) mass is 276 g/mol. The average Bonchev–Trinajstić information content (AvgIpc) is 2.83. The summed E-state index contributed by atoms with van der Waals surface area (Å²) in [5.41, 5.74) is 0.866. The first-order valence-corrected chi connectivity index (χ1v) is 7.84. The molecule has 102 valence electrons. The maximum Gasteiger partial charge on any atom is 0.0915 e. The highest BCUT2D eigenvalue weighted by molar-refractivity contribution is 7.17. The molecule has 0 saturated carbocycles. The summed E-state index contributed by atoms with van der Waals surface area (Å²) in [6, 6.07) is 8.39. The van der Waals surface area contributed by atoms with Crippen LogP contribution in [0.2, 0.25) is 0 Å². The largest absolute Gasteiger partial charge is 0.390 e. The van der Waals surface area contributed by atoms with Crippen molar-refractivity contribution in [1.29, 1.82) is 0 Å². The second-order valence-corrected chi connectivity index (χ2v) is 6.51. The highest BCUT2D eigenvalue weighted by Crippen LogP contribution is 2.32. The Balaban J connectivity index is 1.80. The number of aliphatic hydroxyl groups excluding tert-OH is 1. The lowest BCUT2D eigenvalue weighted by Crippen LogP contribution is -2.45. The van der Waals surface area contributed by atoms with Crippen molar-refractivity contribution in [3.63, 3.8) is 0 Å². The summed E-state index contributed by atoms with van der Waals surface area (Å²) in [7, 11) is 0. The van der Waals surface area contributed by atoms with Crippen LogP contribution >= 0.6 is 11.3 Å². The maximum atomic E-state index is 10.5. The van der Waals surface area contributed by atoms with Gasteiger partial charge in [-0.1, -0.05) is 18.2 Å². The van der Waals surface area contributed by atoms with E-state index in [-0.39, 0.29) is 5.60 Å². The molecule has 1 aliphatic rings. The fourth-order valence-corrected chi connectivity index (χ4v) is 3.81. The number of aliphatic hydroxyl groups is 1. The lowest BCUT2D eigenvalue weighted by atomic mass is 9.87. The Morgan fingerprint density at radius 1 is 1.37 bits per heavy atom. The summed E-state index contributed by atoms with van der Waals surface area (Å²) in [6.07, 6.45) is 3.48. The fraction of sp³-hybridized carbons (Fsp3) is 0.500. The normalized spacial score (nSPS) is 25.6. The topological polar surface area (TPSA) is 29.5 Å². The highest BCUT2D eigenvalue weighted by atomic mass is 32.1. The third-order valence-corrected chi connectivity index (χ3v) is 5.19. The molecule has 1 aliphatic heterocycles. The molecule has 2 nitrogen and oxygen atoms in total. The second-order valence-electron chi connectivity index (χ2n) is 5.60. The molecule has 2 aromatic rings. The number of thiophene rings is 1. The van der Waals surface area contributed by atoms with Crippen LogP contribution in [0.5, 0.6) is 0 Å². The third kappa shape index (κ3) is 2.55. The van der Waals surface area contributed by atoms with E-state index in [0.29, 0.717) is 6.42 Å². The molecule has 0 amide bonds. The van der Waals surface area contributed by atoms with E-state index >= 15 is 0 Å². The van der Waals surface area contributed by atoms with Crippen molar-refractivity contribution < 1.29 is 9.84 Å². The van der Waals surface area contributed by atoms with Crippen molar-refractivity contribution in [2.75, 3.05) is 6.61 Å². The molecule has 1 fully saturated rings. The smallest absolute Gasteiger partial charge is 0.0915 e. The molecule has 0 radical (unpaired) electrons. The van der Waals surface area contributed by atoms with Crippen LogP contribution in [-0.2, 0) is 11.2 Å². The Morgan fingerprint density at radius 3 is 3.00 bits per heavy atom. The van der Waals surface area contributed by atoms with Gasteiger partial charge >= 0.3 is 0 Å². The summed E-state index contributed by atoms with van der Waals surface area (Å²) < 4.78 is 7.13. The van der Waals surface area contributed by atoms with Gasteiger partial charge in [0.05, 0.1) is 11.7 Å². The fourth-order valence-electron chi connectivity index (χ4n) is 2.83.